The van der Waals surface area contributed by atoms with Gasteiger partial charge in [0.1, 0.15) is 5.82 Å². The maximum Gasteiger partial charge on any atom is 0.140 e. The summed E-state index contributed by atoms with van der Waals surface area (Å²) >= 11 is 3.49. The van der Waals surface area contributed by atoms with Crippen molar-refractivity contribution in [3.05, 3.63) is 53.1 Å². The molecule has 4 rings (SSSR count). The van der Waals surface area contributed by atoms with Crippen LogP contribution >= 0.6 is 15.9 Å². The molecule has 114 valence electrons. The summed E-state index contributed by atoms with van der Waals surface area (Å²) in [5, 5.41) is 1.05. The van der Waals surface area contributed by atoms with Crippen molar-refractivity contribution in [1.82, 2.24) is 15.0 Å². The van der Waals surface area contributed by atoms with E-state index in [1.807, 2.05) is 44.6 Å². The molecule has 0 amide bonds. The summed E-state index contributed by atoms with van der Waals surface area (Å²) in [6, 6.07) is 14.3. The van der Waals surface area contributed by atoms with Gasteiger partial charge in [0.05, 0.1) is 22.7 Å². The minimum Gasteiger partial charge on any atom is -0.377 e. The number of aromatic nitrogens is 3. The summed E-state index contributed by atoms with van der Waals surface area (Å²) in [4.78, 5) is 14.9. The van der Waals surface area contributed by atoms with Crippen LogP contribution in [0.5, 0.6) is 0 Å². The molecular weight excluding hydrogens is 352 g/mol. The molecule has 0 bridgehead atoms. The molecule has 1 N–H and O–H groups in total. The standard InChI is InChI=1S/C18H15BrN4/c1-23(2)16-6-4-3-5-13(16)18-21-15-10-20-14-9-11(19)7-8-12(14)17(15)22-18/h3-10H,1-2H3,(H,21,22). The van der Waals surface area contributed by atoms with Crippen LogP contribution in [0.3, 0.4) is 0 Å². The number of aromatic amines is 1. The topological polar surface area (TPSA) is 44.8 Å². The van der Waals surface area contributed by atoms with Gasteiger partial charge in [0.15, 0.2) is 0 Å². The van der Waals surface area contributed by atoms with Gasteiger partial charge in [-0.05, 0) is 30.3 Å². The zero-order chi connectivity index (χ0) is 16.0. The highest BCUT2D eigenvalue weighted by Crippen LogP contribution is 2.31. The van der Waals surface area contributed by atoms with E-state index < -0.39 is 0 Å². The maximum atomic E-state index is 4.85. The average Bonchev–Trinajstić information content (AvgIpc) is 2.98. The van der Waals surface area contributed by atoms with Crippen LogP contribution in [0.1, 0.15) is 0 Å². The second-order valence-corrected chi connectivity index (χ2v) is 6.59. The Kier molecular flexibility index (Phi) is 3.31. The Morgan fingerprint density at radius 1 is 1.09 bits per heavy atom. The number of nitrogens with one attached hydrogen (secondary N) is 1. The Morgan fingerprint density at radius 3 is 2.74 bits per heavy atom. The molecule has 0 radical (unpaired) electrons. The first-order chi connectivity index (χ1) is 11.1. The Morgan fingerprint density at radius 2 is 1.91 bits per heavy atom. The molecular formula is C18H15BrN4. The summed E-state index contributed by atoms with van der Waals surface area (Å²) < 4.78 is 1.02. The largest absolute Gasteiger partial charge is 0.377 e. The van der Waals surface area contributed by atoms with E-state index >= 15 is 0 Å². The summed E-state index contributed by atoms with van der Waals surface area (Å²) in [6.07, 6.45) is 1.85. The molecule has 4 aromatic rings. The Bertz CT molecular complexity index is 1020. The highest BCUT2D eigenvalue weighted by atomic mass is 79.9. The molecule has 0 saturated heterocycles. The summed E-state index contributed by atoms with van der Waals surface area (Å²) in [6.45, 7) is 0. The lowest BCUT2D eigenvalue weighted by molar-refractivity contribution is 1.13. The van der Waals surface area contributed by atoms with Crippen LogP contribution in [-0.2, 0) is 0 Å². The predicted octanol–water partition coefficient (Wildman–Crippen LogP) is 4.61. The number of hydrogen-bond donors (Lipinski definition) is 1. The van der Waals surface area contributed by atoms with Gasteiger partial charge in [-0.25, -0.2) is 4.98 Å². The molecule has 2 heterocycles. The van der Waals surface area contributed by atoms with Crippen molar-refractivity contribution >= 4 is 43.6 Å². The van der Waals surface area contributed by atoms with Crippen LogP contribution in [0.15, 0.2) is 53.1 Å². The van der Waals surface area contributed by atoms with Gasteiger partial charge in [0.2, 0.25) is 0 Å². The molecule has 0 saturated carbocycles. The number of halogens is 1. The maximum absolute atomic E-state index is 4.85. The number of rotatable bonds is 2. The van der Waals surface area contributed by atoms with Gasteiger partial charge in [-0.1, -0.05) is 28.1 Å². The zero-order valence-electron chi connectivity index (χ0n) is 12.8. The van der Waals surface area contributed by atoms with E-state index in [9.17, 15) is 0 Å². The summed E-state index contributed by atoms with van der Waals surface area (Å²) in [7, 11) is 4.08. The molecule has 0 fully saturated rings. The van der Waals surface area contributed by atoms with Crippen LogP contribution in [0.25, 0.3) is 33.3 Å². The second kappa shape index (κ2) is 5.35. The van der Waals surface area contributed by atoms with E-state index in [-0.39, 0.29) is 0 Å². The fraction of sp³-hybridized carbons (Fsp3) is 0.111. The third-order valence-corrected chi connectivity index (χ3v) is 4.41. The number of hydrogen-bond acceptors (Lipinski definition) is 3. The third-order valence-electron chi connectivity index (χ3n) is 3.92. The molecule has 0 unspecified atom stereocenters. The van der Waals surface area contributed by atoms with Crippen molar-refractivity contribution in [2.24, 2.45) is 0 Å². The van der Waals surface area contributed by atoms with Crippen molar-refractivity contribution in [1.29, 1.82) is 0 Å². The molecule has 2 aromatic carbocycles. The fourth-order valence-corrected chi connectivity index (χ4v) is 3.17. The first-order valence-electron chi connectivity index (χ1n) is 7.34. The molecule has 4 nitrogen and oxygen atoms in total. The van der Waals surface area contributed by atoms with Crippen LogP contribution in [0.2, 0.25) is 0 Å². The molecule has 2 aromatic heterocycles. The van der Waals surface area contributed by atoms with Crippen LogP contribution < -0.4 is 4.90 Å². The predicted molar refractivity (Wildman–Crippen MR) is 98.9 cm³/mol. The third kappa shape index (κ3) is 2.37. The van der Waals surface area contributed by atoms with E-state index in [0.29, 0.717) is 0 Å². The quantitative estimate of drug-likeness (QED) is 0.563. The van der Waals surface area contributed by atoms with Crippen molar-refractivity contribution in [3.8, 4) is 11.4 Å². The van der Waals surface area contributed by atoms with Gasteiger partial charge >= 0.3 is 0 Å². The van der Waals surface area contributed by atoms with E-state index in [1.54, 1.807) is 0 Å². The SMILES string of the molecule is CN(C)c1ccccc1-c1nc2c(cnc3cc(Br)ccc32)[nH]1. The minimum absolute atomic E-state index is 0.863. The zero-order valence-corrected chi connectivity index (χ0v) is 14.4. The van der Waals surface area contributed by atoms with E-state index in [2.05, 4.69) is 49.0 Å². The van der Waals surface area contributed by atoms with Crippen molar-refractivity contribution in [2.45, 2.75) is 0 Å². The lowest BCUT2D eigenvalue weighted by Crippen LogP contribution is -2.09. The fourth-order valence-electron chi connectivity index (χ4n) is 2.82. The summed E-state index contributed by atoms with van der Waals surface area (Å²) in [5.74, 6) is 0.863. The molecule has 0 spiro atoms. The van der Waals surface area contributed by atoms with Crippen molar-refractivity contribution in [2.75, 3.05) is 19.0 Å². The average molecular weight is 367 g/mol. The smallest absolute Gasteiger partial charge is 0.140 e. The Balaban J connectivity index is 1.98. The van der Waals surface area contributed by atoms with Gasteiger partial charge < -0.3 is 9.88 Å². The summed E-state index contributed by atoms with van der Waals surface area (Å²) in [5.41, 5.74) is 5.05. The van der Waals surface area contributed by atoms with Crippen LogP contribution in [-0.4, -0.2) is 29.0 Å². The number of pyridine rings is 1. The Hall–Kier alpha value is -2.40. The number of anilines is 1. The number of nitrogens with zero attached hydrogens (tertiary/aromatic N) is 3. The monoisotopic (exact) mass is 366 g/mol. The highest BCUT2D eigenvalue weighted by Gasteiger charge is 2.13. The molecule has 0 aliphatic carbocycles. The molecule has 0 aliphatic rings. The van der Waals surface area contributed by atoms with Gasteiger partial charge in [-0.2, -0.15) is 0 Å². The lowest BCUT2D eigenvalue weighted by atomic mass is 10.1. The number of imidazole rings is 1. The number of benzene rings is 2. The normalized spacial score (nSPS) is 11.3. The van der Waals surface area contributed by atoms with Gasteiger partial charge in [0, 0.05) is 35.2 Å². The molecule has 0 aliphatic heterocycles. The second-order valence-electron chi connectivity index (χ2n) is 5.68. The number of H-pyrrole nitrogens is 1. The lowest BCUT2D eigenvalue weighted by Gasteiger charge is -2.15. The molecule has 23 heavy (non-hydrogen) atoms. The van der Waals surface area contributed by atoms with E-state index in [1.165, 1.54) is 0 Å². The van der Waals surface area contributed by atoms with Gasteiger partial charge in [-0.3, -0.25) is 4.98 Å². The number of para-hydroxylation sites is 1. The molecule has 0 atom stereocenters. The van der Waals surface area contributed by atoms with Gasteiger partial charge in [0.25, 0.3) is 0 Å². The number of fused-ring (bicyclic) bond motifs is 3. The van der Waals surface area contributed by atoms with Crippen molar-refractivity contribution < 1.29 is 0 Å². The Labute approximate surface area is 142 Å². The van der Waals surface area contributed by atoms with E-state index in [4.69, 9.17) is 4.98 Å². The van der Waals surface area contributed by atoms with E-state index in [0.717, 1.165) is 43.5 Å². The van der Waals surface area contributed by atoms with Crippen LogP contribution in [0.4, 0.5) is 5.69 Å². The van der Waals surface area contributed by atoms with Crippen molar-refractivity contribution in [3.63, 3.8) is 0 Å². The minimum atomic E-state index is 0.863. The molecule has 5 heteroatoms. The first-order valence-corrected chi connectivity index (χ1v) is 8.13. The van der Waals surface area contributed by atoms with Crippen LogP contribution in [0, 0.1) is 0 Å². The van der Waals surface area contributed by atoms with Gasteiger partial charge in [-0.15, -0.1) is 0 Å². The first kappa shape index (κ1) is 14.2. The highest BCUT2D eigenvalue weighted by molar-refractivity contribution is 9.10.